The molecule has 1 atom stereocenters. The number of halogens is 2. The van der Waals surface area contributed by atoms with Crippen molar-refractivity contribution >= 4 is 45.6 Å². The van der Waals surface area contributed by atoms with Crippen LogP contribution in [-0.2, 0) is 0 Å². The van der Waals surface area contributed by atoms with Crippen LogP contribution >= 0.6 is 39.7 Å². The Labute approximate surface area is 114 Å². The molecule has 2 heterocycles. The molecule has 0 unspecified atom stereocenters. The first-order valence-corrected chi connectivity index (χ1v) is 6.68. The Morgan fingerprint density at radius 1 is 1.62 bits per heavy atom. The molecule has 1 fully saturated rings. The van der Waals surface area contributed by atoms with E-state index in [0.717, 1.165) is 35.3 Å². The molecule has 0 aliphatic carbocycles. The number of thiophene rings is 1. The summed E-state index contributed by atoms with van der Waals surface area (Å²) in [5, 5.41) is 8.24. The number of rotatable bonds is 2. The van der Waals surface area contributed by atoms with E-state index in [1.165, 1.54) is 11.3 Å². The largest absolute Gasteiger partial charge is 0.347 e. The van der Waals surface area contributed by atoms with Crippen molar-refractivity contribution in [2.45, 2.75) is 18.9 Å². The quantitative estimate of drug-likeness (QED) is 0.877. The third-order valence-corrected chi connectivity index (χ3v) is 4.11. The summed E-state index contributed by atoms with van der Waals surface area (Å²) in [5.41, 5.74) is 0. The summed E-state index contributed by atoms with van der Waals surface area (Å²) in [4.78, 5) is 12.5. The normalized spacial score (nSPS) is 19.9. The first-order chi connectivity index (χ1) is 7.25. The van der Waals surface area contributed by atoms with Crippen LogP contribution < -0.4 is 10.6 Å². The Morgan fingerprint density at radius 2 is 2.44 bits per heavy atom. The van der Waals surface area contributed by atoms with Crippen LogP contribution in [0.4, 0.5) is 0 Å². The van der Waals surface area contributed by atoms with Crippen molar-refractivity contribution in [1.29, 1.82) is 0 Å². The lowest BCUT2D eigenvalue weighted by atomic mass is 10.1. The number of amides is 1. The molecule has 0 spiro atoms. The monoisotopic (exact) mass is 324 g/mol. The third-order valence-electron chi connectivity index (χ3n) is 2.42. The van der Waals surface area contributed by atoms with Gasteiger partial charge in [-0.05, 0) is 41.4 Å². The average Bonchev–Trinajstić information content (AvgIpc) is 2.66. The number of nitrogens with one attached hydrogen (secondary N) is 2. The van der Waals surface area contributed by atoms with Gasteiger partial charge in [0.2, 0.25) is 0 Å². The molecule has 1 amide bonds. The molecule has 2 rings (SSSR count). The fourth-order valence-electron chi connectivity index (χ4n) is 1.66. The molecule has 1 aromatic heterocycles. The molecule has 0 saturated carbocycles. The number of hydrogen-bond acceptors (Lipinski definition) is 3. The first kappa shape index (κ1) is 14.0. The van der Waals surface area contributed by atoms with Gasteiger partial charge in [-0.25, -0.2) is 0 Å². The van der Waals surface area contributed by atoms with E-state index in [1.807, 2.05) is 11.4 Å². The Kier molecular flexibility index (Phi) is 5.75. The Bertz CT molecular complexity index is 352. The topological polar surface area (TPSA) is 41.1 Å². The minimum Gasteiger partial charge on any atom is -0.347 e. The van der Waals surface area contributed by atoms with Gasteiger partial charge in [-0.1, -0.05) is 0 Å². The van der Waals surface area contributed by atoms with Crippen molar-refractivity contribution in [3.05, 3.63) is 20.8 Å². The Morgan fingerprint density at radius 3 is 3.00 bits per heavy atom. The summed E-state index contributed by atoms with van der Waals surface area (Å²) in [5.74, 6) is 0.0411. The molecule has 0 aromatic carbocycles. The van der Waals surface area contributed by atoms with Crippen molar-refractivity contribution in [2.24, 2.45) is 0 Å². The molecule has 3 nitrogen and oxygen atoms in total. The van der Waals surface area contributed by atoms with E-state index in [-0.39, 0.29) is 24.4 Å². The van der Waals surface area contributed by atoms with E-state index in [0.29, 0.717) is 0 Å². The smallest absolute Gasteiger partial charge is 0.261 e. The SMILES string of the molecule is Cl.O=C(N[C@H]1CCCNC1)c1cc(Br)cs1. The molecule has 16 heavy (non-hydrogen) atoms. The lowest BCUT2D eigenvalue weighted by Crippen LogP contribution is -2.45. The van der Waals surface area contributed by atoms with Crippen LogP contribution in [-0.4, -0.2) is 25.0 Å². The van der Waals surface area contributed by atoms with E-state index in [1.54, 1.807) is 0 Å². The van der Waals surface area contributed by atoms with Gasteiger partial charge in [-0.2, -0.15) is 0 Å². The van der Waals surface area contributed by atoms with Gasteiger partial charge in [0.15, 0.2) is 0 Å². The number of carbonyl (C=O) groups is 1. The summed E-state index contributed by atoms with van der Waals surface area (Å²) in [6.07, 6.45) is 2.21. The first-order valence-electron chi connectivity index (χ1n) is 5.01. The average molecular weight is 326 g/mol. The summed E-state index contributed by atoms with van der Waals surface area (Å²) in [6.45, 7) is 1.95. The zero-order valence-electron chi connectivity index (χ0n) is 8.66. The molecule has 0 bridgehead atoms. The molecular weight excluding hydrogens is 312 g/mol. The predicted molar refractivity (Wildman–Crippen MR) is 72.6 cm³/mol. The molecule has 0 radical (unpaired) electrons. The molecule has 1 aliphatic heterocycles. The van der Waals surface area contributed by atoms with Crippen LogP contribution in [0.15, 0.2) is 15.9 Å². The fraction of sp³-hybridized carbons (Fsp3) is 0.500. The van der Waals surface area contributed by atoms with Crippen molar-refractivity contribution in [1.82, 2.24) is 10.6 Å². The third kappa shape index (κ3) is 3.73. The molecular formula is C10H14BrClN2OS. The van der Waals surface area contributed by atoms with Gasteiger partial charge in [0.25, 0.3) is 5.91 Å². The van der Waals surface area contributed by atoms with E-state index in [2.05, 4.69) is 26.6 Å². The van der Waals surface area contributed by atoms with Crippen LogP contribution in [0.1, 0.15) is 22.5 Å². The summed E-state index contributed by atoms with van der Waals surface area (Å²) < 4.78 is 0.972. The summed E-state index contributed by atoms with van der Waals surface area (Å²) >= 11 is 4.81. The van der Waals surface area contributed by atoms with Gasteiger partial charge < -0.3 is 10.6 Å². The standard InChI is InChI=1S/C10H13BrN2OS.ClH/c11-7-4-9(15-6-7)10(14)13-8-2-1-3-12-5-8;/h4,6,8,12H,1-3,5H2,(H,13,14);1H/t8-;/m0./s1. The van der Waals surface area contributed by atoms with Crippen molar-refractivity contribution in [3.8, 4) is 0 Å². The van der Waals surface area contributed by atoms with E-state index in [9.17, 15) is 4.79 Å². The second-order valence-electron chi connectivity index (χ2n) is 3.65. The highest BCUT2D eigenvalue weighted by atomic mass is 79.9. The molecule has 6 heteroatoms. The molecule has 2 N–H and O–H groups in total. The van der Waals surface area contributed by atoms with Gasteiger partial charge in [0, 0.05) is 22.4 Å². The Hall–Kier alpha value is -0.100. The molecule has 1 aliphatic rings. The maximum absolute atomic E-state index is 11.8. The van der Waals surface area contributed by atoms with Crippen LogP contribution in [0.25, 0.3) is 0 Å². The van der Waals surface area contributed by atoms with E-state index >= 15 is 0 Å². The minimum absolute atomic E-state index is 0. The highest BCUT2D eigenvalue weighted by Crippen LogP contribution is 2.19. The van der Waals surface area contributed by atoms with Gasteiger partial charge in [-0.15, -0.1) is 23.7 Å². The summed E-state index contributed by atoms with van der Waals surface area (Å²) in [6, 6.07) is 2.14. The van der Waals surface area contributed by atoms with Crippen LogP contribution in [0.5, 0.6) is 0 Å². The lowest BCUT2D eigenvalue weighted by Gasteiger charge is -2.23. The number of hydrogen-bond donors (Lipinski definition) is 2. The fourth-order valence-corrected chi connectivity index (χ4v) is 2.99. The Balaban J connectivity index is 0.00000128. The van der Waals surface area contributed by atoms with E-state index < -0.39 is 0 Å². The lowest BCUT2D eigenvalue weighted by molar-refractivity contribution is 0.0935. The highest BCUT2D eigenvalue weighted by Gasteiger charge is 2.16. The predicted octanol–water partition coefficient (Wildman–Crippen LogP) is 2.41. The maximum Gasteiger partial charge on any atom is 0.261 e. The summed E-state index contributed by atoms with van der Waals surface area (Å²) in [7, 11) is 0. The van der Waals surface area contributed by atoms with Gasteiger partial charge >= 0.3 is 0 Å². The number of piperidine rings is 1. The highest BCUT2D eigenvalue weighted by molar-refractivity contribution is 9.10. The van der Waals surface area contributed by atoms with Crippen molar-refractivity contribution < 1.29 is 4.79 Å². The number of carbonyl (C=O) groups excluding carboxylic acids is 1. The van der Waals surface area contributed by atoms with Crippen molar-refractivity contribution in [2.75, 3.05) is 13.1 Å². The zero-order valence-corrected chi connectivity index (χ0v) is 11.9. The minimum atomic E-state index is 0. The van der Waals surface area contributed by atoms with Crippen LogP contribution in [0, 0.1) is 0 Å². The van der Waals surface area contributed by atoms with Crippen LogP contribution in [0.3, 0.4) is 0 Å². The van der Waals surface area contributed by atoms with Gasteiger partial charge in [-0.3, -0.25) is 4.79 Å². The maximum atomic E-state index is 11.8. The molecule has 1 saturated heterocycles. The second-order valence-corrected chi connectivity index (χ2v) is 5.47. The van der Waals surface area contributed by atoms with Gasteiger partial charge in [0.1, 0.15) is 0 Å². The zero-order chi connectivity index (χ0) is 10.7. The molecule has 90 valence electrons. The van der Waals surface area contributed by atoms with Crippen molar-refractivity contribution in [3.63, 3.8) is 0 Å². The van der Waals surface area contributed by atoms with Gasteiger partial charge in [0.05, 0.1) is 4.88 Å². The van der Waals surface area contributed by atoms with E-state index in [4.69, 9.17) is 0 Å². The van der Waals surface area contributed by atoms with Crippen LogP contribution in [0.2, 0.25) is 0 Å². The second kappa shape index (κ2) is 6.59. The molecule has 1 aromatic rings.